The lowest BCUT2D eigenvalue weighted by Gasteiger charge is -2.03. The summed E-state index contributed by atoms with van der Waals surface area (Å²) in [5, 5.41) is 8.14. The van der Waals surface area contributed by atoms with Crippen molar-refractivity contribution in [3.8, 4) is 0 Å². The van der Waals surface area contributed by atoms with E-state index >= 15 is 0 Å². The van der Waals surface area contributed by atoms with Crippen molar-refractivity contribution in [1.29, 1.82) is 0 Å². The van der Waals surface area contributed by atoms with Crippen LogP contribution < -0.4 is 5.32 Å². The summed E-state index contributed by atoms with van der Waals surface area (Å²) < 4.78 is 1.69. The van der Waals surface area contributed by atoms with Gasteiger partial charge in [0.15, 0.2) is 10.8 Å². The monoisotopic (exact) mass is 222 g/mol. The standard InChI is InChI=1S/C10H11ClN4/c11-10-9(7-3-5-12-6-7)14-8-2-1-4-13-15(8)10/h1-2,4,7,12H,3,5-6H2. The number of rotatable bonds is 1. The zero-order valence-electron chi connectivity index (χ0n) is 8.15. The fraction of sp³-hybridized carbons (Fsp3) is 0.400. The zero-order chi connectivity index (χ0) is 10.3. The van der Waals surface area contributed by atoms with Crippen molar-refractivity contribution in [2.45, 2.75) is 12.3 Å². The van der Waals surface area contributed by atoms with Gasteiger partial charge in [0.25, 0.3) is 0 Å². The number of hydrogen-bond donors (Lipinski definition) is 1. The molecule has 5 heteroatoms. The van der Waals surface area contributed by atoms with Crippen LogP contribution in [-0.2, 0) is 0 Å². The molecular formula is C10H11ClN4. The predicted molar refractivity (Wildman–Crippen MR) is 58.2 cm³/mol. The van der Waals surface area contributed by atoms with Crippen LogP contribution in [0.2, 0.25) is 5.15 Å². The molecule has 78 valence electrons. The Balaban J connectivity index is 2.14. The molecule has 1 saturated heterocycles. The molecule has 2 aromatic heterocycles. The molecule has 1 aliphatic rings. The van der Waals surface area contributed by atoms with Crippen molar-refractivity contribution in [1.82, 2.24) is 19.9 Å². The van der Waals surface area contributed by atoms with Crippen LogP contribution in [0.1, 0.15) is 18.0 Å². The van der Waals surface area contributed by atoms with Crippen LogP contribution in [0.25, 0.3) is 5.65 Å². The normalized spacial score (nSPS) is 21.3. The highest BCUT2D eigenvalue weighted by Gasteiger charge is 2.23. The van der Waals surface area contributed by atoms with Crippen LogP contribution in [0.4, 0.5) is 0 Å². The van der Waals surface area contributed by atoms with Crippen molar-refractivity contribution >= 4 is 17.2 Å². The SMILES string of the molecule is Clc1c(C2CCNC2)nc2cccnn12. The van der Waals surface area contributed by atoms with Gasteiger partial charge >= 0.3 is 0 Å². The molecule has 0 radical (unpaired) electrons. The first-order valence-corrected chi connectivity index (χ1v) is 5.44. The Labute approximate surface area is 92.3 Å². The predicted octanol–water partition coefficient (Wildman–Crippen LogP) is 1.46. The Bertz CT molecular complexity index is 487. The van der Waals surface area contributed by atoms with Crippen LogP contribution >= 0.6 is 11.6 Å². The Hall–Kier alpha value is -1.13. The molecule has 1 unspecified atom stereocenters. The summed E-state index contributed by atoms with van der Waals surface area (Å²) in [4.78, 5) is 4.52. The molecular weight excluding hydrogens is 212 g/mol. The molecule has 3 heterocycles. The van der Waals surface area contributed by atoms with Gasteiger partial charge in [0.1, 0.15) is 0 Å². The molecule has 0 bridgehead atoms. The first kappa shape index (κ1) is 9.12. The minimum atomic E-state index is 0.430. The summed E-state index contributed by atoms with van der Waals surface area (Å²) in [7, 11) is 0. The summed E-state index contributed by atoms with van der Waals surface area (Å²) in [6, 6.07) is 3.79. The third-order valence-corrected chi connectivity index (χ3v) is 3.16. The van der Waals surface area contributed by atoms with E-state index in [-0.39, 0.29) is 0 Å². The summed E-state index contributed by atoms with van der Waals surface area (Å²) >= 11 is 6.25. The average molecular weight is 223 g/mol. The molecule has 1 N–H and O–H groups in total. The smallest absolute Gasteiger partial charge is 0.155 e. The van der Waals surface area contributed by atoms with Crippen LogP contribution in [0.3, 0.4) is 0 Å². The minimum absolute atomic E-state index is 0.430. The number of nitrogens with zero attached hydrogens (tertiary/aromatic N) is 3. The summed E-state index contributed by atoms with van der Waals surface area (Å²) in [5.41, 5.74) is 1.80. The van der Waals surface area contributed by atoms with Gasteiger partial charge < -0.3 is 5.32 Å². The van der Waals surface area contributed by atoms with E-state index in [1.54, 1.807) is 10.7 Å². The molecule has 3 rings (SSSR count). The molecule has 1 aliphatic heterocycles. The van der Waals surface area contributed by atoms with E-state index in [9.17, 15) is 0 Å². The van der Waals surface area contributed by atoms with Crippen LogP contribution in [-0.4, -0.2) is 27.7 Å². The summed E-state index contributed by atoms with van der Waals surface area (Å²) in [6.45, 7) is 2.01. The number of aromatic nitrogens is 3. The molecule has 0 aliphatic carbocycles. The highest BCUT2D eigenvalue weighted by molar-refractivity contribution is 6.30. The fourth-order valence-electron chi connectivity index (χ4n) is 2.03. The van der Waals surface area contributed by atoms with Gasteiger partial charge in [-0.15, -0.1) is 0 Å². The quantitative estimate of drug-likeness (QED) is 0.795. The van der Waals surface area contributed by atoms with Crippen molar-refractivity contribution in [3.63, 3.8) is 0 Å². The summed E-state index contributed by atoms with van der Waals surface area (Å²) in [6.07, 6.45) is 2.82. The van der Waals surface area contributed by atoms with Crippen LogP contribution in [0, 0.1) is 0 Å². The van der Waals surface area contributed by atoms with Crippen molar-refractivity contribution in [2.24, 2.45) is 0 Å². The third kappa shape index (κ3) is 1.41. The molecule has 0 saturated carbocycles. The van der Waals surface area contributed by atoms with E-state index < -0.39 is 0 Å². The van der Waals surface area contributed by atoms with Gasteiger partial charge in [-0.1, -0.05) is 11.6 Å². The Morgan fingerprint density at radius 3 is 3.20 bits per heavy atom. The number of halogens is 1. The van der Waals surface area contributed by atoms with Crippen LogP contribution in [0.15, 0.2) is 18.3 Å². The van der Waals surface area contributed by atoms with E-state index in [0.717, 1.165) is 30.9 Å². The van der Waals surface area contributed by atoms with Gasteiger partial charge in [-0.2, -0.15) is 5.10 Å². The van der Waals surface area contributed by atoms with Gasteiger partial charge in [-0.05, 0) is 25.1 Å². The minimum Gasteiger partial charge on any atom is -0.316 e. The zero-order valence-corrected chi connectivity index (χ0v) is 8.91. The molecule has 0 spiro atoms. The lowest BCUT2D eigenvalue weighted by molar-refractivity contribution is 0.740. The van der Waals surface area contributed by atoms with Gasteiger partial charge in [0, 0.05) is 18.7 Å². The Morgan fingerprint density at radius 2 is 2.47 bits per heavy atom. The van der Waals surface area contributed by atoms with Crippen molar-refractivity contribution in [3.05, 3.63) is 29.2 Å². The van der Waals surface area contributed by atoms with E-state index in [4.69, 9.17) is 11.6 Å². The average Bonchev–Trinajstić information content (AvgIpc) is 2.87. The number of nitrogens with one attached hydrogen (secondary N) is 1. The topological polar surface area (TPSA) is 42.2 Å². The second-order valence-electron chi connectivity index (χ2n) is 3.77. The van der Waals surface area contributed by atoms with E-state index in [2.05, 4.69) is 15.4 Å². The van der Waals surface area contributed by atoms with E-state index in [1.165, 1.54) is 0 Å². The van der Waals surface area contributed by atoms with Gasteiger partial charge in [0.05, 0.1) is 5.69 Å². The van der Waals surface area contributed by atoms with Gasteiger partial charge in [0.2, 0.25) is 0 Å². The highest BCUT2D eigenvalue weighted by Crippen LogP contribution is 2.28. The maximum atomic E-state index is 6.25. The summed E-state index contributed by atoms with van der Waals surface area (Å²) in [5.74, 6) is 0.430. The highest BCUT2D eigenvalue weighted by atomic mass is 35.5. The second-order valence-corrected chi connectivity index (χ2v) is 4.13. The van der Waals surface area contributed by atoms with Crippen molar-refractivity contribution < 1.29 is 0 Å². The van der Waals surface area contributed by atoms with Crippen LogP contribution in [0.5, 0.6) is 0 Å². The second kappa shape index (κ2) is 3.47. The van der Waals surface area contributed by atoms with E-state index in [0.29, 0.717) is 11.1 Å². The molecule has 0 amide bonds. The largest absolute Gasteiger partial charge is 0.316 e. The maximum Gasteiger partial charge on any atom is 0.155 e. The number of fused-ring (bicyclic) bond motifs is 1. The molecule has 4 nitrogen and oxygen atoms in total. The first-order valence-electron chi connectivity index (χ1n) is 5.06. The molecule has 15 heavy (non-hydrogen) atoms. The first-order chi connectivity index (χ1) is 7.36. The molecule has 1 fully saturated rings. The number of imidazole rings is 1. The molecule has 2 aromatic rings. The lowest BCUT2D eigenvalue weighted by atomic mass is 10.1. The lowest BCUT2D eigenvalue weighted by Crippen LogP contribution is -2.08. The Morgan fingerprint density at radius 1 is 1.53 bits per heavy atom. The van der Waals surface area contributed by atoms with Crippen molar-refractivity contribution in [2.75, 3.05) is 13.1 Å². The molecule has 1 atom stereocenters. The van der Waals surface area contributed by atoms with Gasteiger partial charge in [-0.3, -0.25) is 0 Å². The number of hydrogen-bond acceptors (Lipinski definition) is 3. The third-order valence-electron chi connectivity index (χ3n) is 2.81. The molecule has 0 aromatic carbocycles. The fourth-order valence-corrected chi connectivity index (χ4v) is 2.35. The maximum absolute atomic E-state index is 6.25. The van der Waals surface area contributed by atoms with E-state index in [1.807, 2.05) is 12.1 Å². The Kier molecular flexibility index (Phi) is 2.11. The van der Waals surface area contributed by atoms with Gasteiger partial charge in [-0.25, -0.2) is 9.50 Å².